The van der Waals surface area contributed by atoms with Crippen LogP contribution in [0, 0.1) is 39.0 Å². The van der Waals surface area contributed by atoms with Gasteiger partial charge in [0.05, 0.1) is 12.3 Å². The van der Waals surface area contributed by atoms with E-state index in [1.54, 1.807) is 11.8 Å². The van der Waals surface area contributed by atoms with E-state index in [4.69, 9.17) is 4.74 Å². The van der Waals surface area contributed by atoms with Gasteiger partial charge in [0.2, 0.25) is 0 Å². The lowest BCUT2D eigenvalue weighted by Gasteiger charge is -2.10. The fourth-order valence-corrected chi connectivity index (χ4v) is 3.18. The molecule has 4 nitrogen and oxygen atoms in total. The first-order valence-electron chi connectivity index (χ1n) is 7.59. The Hall–Kier alpha value is -2.06. The lowest BCUT2D eigenvalue weighted by molar-refractivity contribution is 0.316. The number of thioether (sulfide) groups is 1. The quantitative estimate of drug-likeness (QED) is 0.453. The largest absolute Gasteiger partial charge is 0.493 e. The van der Waals surface area contributed by atoms with Crippen molar-refractivity contribution in [2.75, 3.05) is 12.4 Å². The third-order valence-corrected chi connectivity index (χ3v) is 4.47. The lowest BCUT2D eigenvalue weighted by atomic mass is 10.1. The van der Waals surface area contributed by atoms with Crippen LogP contribution in [0.2, 0.25) is 0 Å². The maximum Gasteiger partial charge on any atom is 0.126 e. The molecule has 0 bridgehead atoms. The van der Waals surface area contributed by atoms with Crippen LogP contribution in [-0.4, -0.2) is 22.3 Å². The summed E-state index contributed by atoms with van der Waals surface area (Å²) in [6.45, 7) is 8.46. The third kappa shape index (κ3) is 4.70. The summed E-state index contributed by atoms with van der Waals surface area (Å²) in [5.74, 6) is 2.51. The number of aromatic nitrogens is 2. The van der Waals surface area contributed by atoms with Gasteiger partial charge in [0, 0.05) is 5.75 Å². The molecule has 0 aliphatic carbocycles. The molecule has 0 saturated heterocycles. The fourth-order valence-electron chi connectivity index (χ4n) is 2.19. The first-order chi connectivity index (χ1) is 11.0. The zero-order valence-electron chi connectivity index (χ0n) is 14.0. The maximum absolute atomic E-state index is 9.23. The minimum atomic E-state index is 0.580. The molecule has 1 heterocycles. The van der Waals surface area contributed by atoms with Crippen molar-refractivity contribution >= 4 is 11.8 Å². The number of benzene rings is 1. The van der Waals surface area contributed by atoms with Crippen LogP contribution >= 0.6 is 11.8 Å². The number of hydrogen-bond donors (Lipinski definition) is 0. The molecular formula is C18H21N3OS. The van der Waals surface area contributed by atoms with Crippen LogP contribution in [0.4, 0.5) is 0 Å². The first-order valence-corrected chi connectivity index (χ1v) is 8.58. The van der Waals surface area contributed by atoms with Crippen molar-refractivity contribution in [1.29, 1.82) is 5.26 Å². The zero-order chi connectivity index (χ0) is 16.8. The molecule has 0 radical (unpaired) electrons. The third-order valence-electron chi connectivity index (χ3n) is 3.41. The molecule has 0 aliphatic heterocycles. The number of nitriles is 1. The highest BCUT2D eigenvalue weighted by Crippen LogP contribution is 2.23. The zero-order valence-corrected chi connectivity index (χ0v) is 14.8. The fraction of sp³-hybridized carbons (Fsp3) is 0.389. The highest BCUT2D eigenvalue weighted by atomic mass is 32.2. The molecule has 1 aromatic heterocycles. The van der Waals surface area contributed by atoms with E-state index in [0.29, 0.717) is 18.0 Å². The molecule has 5 heteroatoms. The Kier molecular flexibility index (Phi) is 6.00. The summed E-state index contributed by atoms with van der Waals surface area (Å²) in [6.07, 6.45) is 0.894. The molecule has 0 N–H and O–H groups in total. The van der Waals surface area contributed by atoms with E-state index in [-0.39, 0.29) is 0 Å². The van der Waals surface area contributed by atoms with Crippen molar-refractivity contribution in [1.82, 2.24) is 9.97 Å². The first kappa shape index (κ1) is 17.3. The Morgan fingerprint density at radius 2 is 1.96 bits per heavy atom. The lowest BCUT2D eigenvalue weighted by Crippen LogP contribution is -2.02. The number of aryl methyl sites for hydroxylation is 4. The average Bonchev–Trinajstić information content (AvgIpc) is 2.50. The summed E-state index contributed by atoms with van der Waals surface area (Å²) in [5, 5.41) is 10.00. The Labute approximate surface area is 141 Å². The highest BCUT2D eigenvalue weighted by Gasteiger charge is 2.10. The highest BCUT2D eigenvalue weighted by molar-refractivity contribution is 7.99. The summed E-state index contributed by atoms with van der Waals surface area (Å²) in [5.41, 5.74) is 3.67. The monoisotopic (exact) mass is 327 g/mol. The normalized spacial score (nSPS) is 10.4. The van der Waals surface area contributed by atoms with E-state index in [9.17, 15) is 5.26 Å². The van der Waals surface area contributed by atoms with Crippen molar-refractivity contribution in [3.8, 4) is 11.8 Å². The number of rotatable bonds is 6. The number of ether oxygens (including phenoxy) is 1. The predicted octanol–water partition coefficient (Wildman–Crippen LogP) is 4.14. The molecule has 23 heavy (non-hydrogen) atoms. The Morgan fingerprint density at radius 1 is 1.17 bits per heavy atom. The molecule has 0 saturated carbocycles. The minimum absolute atomic E-state index is 0.580. The van der Waals surface area contributed by atoms with Crippen LogP contribution in [0.15, 0.2) is 23.2 Å². The Balaban J connectivity index is 1.87. The van der Waals surface area contributed by atoms with Crippen LogP contribution in [-0.2, 0) is 0 Å². The molecule has 0 atom stereocenters. The van der Waals surface area contributed by atoms with E-state index >= 15 is 0 Å². The van der Waals surface area contributed by atoms with Crippen molar-refractivity contribution in [3.05, 3.63) is 46.4 Å². The van der Waals surface area contributed by atoms with E-state index in [1.165, 1.54) is 5.56 Å². The van der Waals surface area contributed by atoms with E-state index in [1.807, 2.05) is 13.8 Å². The van der Waals surface area contributed by atoms with Gasteiger partial charge in [-0.25, -0.2) is 9.97 Å². The molecule has 0 spiro atoms. The van der Waals surface area contributed by atoms with Crippen molar-refractivity contribution in [3.63, 3.8) is 0 Å². The molecule has 0 amide bonds. The minimum Gasteiger partial charge on any atom is -0.493 e. The topological polar surface area (TPSA) is 58.8 Å². The van der Waals surface area contributed by atoms with E-state index in [0.717, 1.165) is 34.2 Å². The predicted molar refractivity (Wildman–Crippen MR) is 93.0 cm³/mol. The van der Waals surface area contributed by atoms with Gasteiger partial charge in [-0.3, -0.25) is 0 Å². The molecule has 2 aromatic rings. The van der Waals surface area contributed by atoms with Gasteiger partial charge in [-0.2, -0.15) is 5.26 Å². The van der Waals surface area contributed by atoms with Crippen molar-refractivity contribution < 1.29 is 4.74 Å². The molecule has 0 fully saturated rings. The van der Waals surface area contributed by atoms with Crippen LogP contribution in [0.3, 0.4) is 0 Å². The van der Waals surface area contributed by atoms with Gasteiger partial charge in [-0.05, 0) is 51.3 Å². The van der Waals surface area contributed by atoms with Gasteiger partial charge in [-0.1, -0.05) is 12.1 Å². The molecule has 120 valence electrons. The van der Waals surface area contributed by atoms with Gasteiger partial charge in [0.1, 0.15) is 28.2 Å². The second-order valence-electron chi connectivity index (χ2n) is 5.47. The summed E-state index contributed by atoms with van der Waals surface area (Å²) < 4.78 is 5.85. The van der Waals surface area contributed by atoms with Crippen LogP contribution in [0.5, 0.6) is 5.75 Å². The summed E-state index contributed by atoms with van der Waals surface area (Å²) in [4.78, 5) is 8.61. The Bertz CT molecular complexity index is 738. The summed E-state index contributed by atoms with van der Waals surface area (Å²) in [7, 11) is 0. The molecule has 0 unspecified atom stereocenters. The van der Waals surface area contributed by atoms with Gasteiger partial charge in [0.15, 0.2) is 0 Å². The summed E-state index contributed by atoms with van der Waals surface area (Å²) >= 11 is 1.59. The molecule has 0 aliphatic rings. The van der Waals surface area contributed by atoms with E-state index < -0.39 is 0 Å². The van der Waals surface area contributed by atoms with Gasteiger partial charge in [0.25, 0.3) is 0 Å². The number of nitrogens with zero attached hydrogens (tertiary/aromatic N) is 3. The van der Waals surface area contributed by atoms with E-state index in [2.05, 4.69) is 48.1 Å². The second-order valence-corrected chi connectivity index (χ2v) is 6.55. The smallest absolute Gasteiger partial charge is 0.126 e. The SMILES string of the molecule is Cc1ccc(C)c(OCCCSc2nc(C)nc(C)c2C#N)c1. The van der Waals surface area contributed by atoms with Crippen LogP contribution in [0.1, 0.15) is 34.6 Å². The van der Waals surface area contributed by atoms with Gasteiger partial charge >= 0.3 is 0 Å². The second kappa shape index (κ2) is 7.98. The molecule has 1 aromatic carbocycles. The Morgan fingerprint density at radius 3 is 2.70 bits per heavy atom. The van der Waals surface area contributed by atoms with Crippen molar-refractivity contribution in [2.45, 2.75) is 39.1 Å². The number of hydrogen-bond acceptors (Lipinski definition) is 5. The maximum atomic E-state index is 9.23. The summed E-state index contributed by atoms with van der Waals surface area (Å²) in [6, 6.07) is 8.42. The average molecular weight is 327 g/mol. The van der Waals surface area contributed by atoms with Crippen LogP contribution < -0.4 is 4.74 Å². The van der Waals surface area contributed by atoms with Crippen LogP contribution in [0.25, 0.3) is 0 Å². The molecular weight excluding hydrogens is 306 g/mol. The molecule has 2 rings (SSSR count). The van der Waals surface area contributed by atoms with Gasteiger partial charge in [-0.15, -0.1) is 11.8 Å². The standard InChI is InChI=1S/C18H21N3OS/c1-12-6-7-13(2)17(10-12)22-8-5-9-23-18-16(11-19)14(3)20-15(4)21-18/h6-7,10H,5,8-9H2,1-4H3. The van der Waals surface area contributed by atoms with Crippen molar-refractivity contribution in [2.24, 2.45) is 0 Å². The van der Waals surface area contributed by atoms with Gasteiger partial charge < -0.3 is 4.74 Å².